The molecule has 4 heteroatoms. The Kier molecular flexibility index (Phi) is 15.7. The second-order valence-electron chi connectivity index (χ2n) is 13.1. The first kappa shape index (κ1) is 37.5. The normalized spacial score (nSPS) is 12.3. The van der Waals surface area contributed by atoms with E-state index in [9.17, 15) is 9.59 Å². The molecule has 4 nitrogen and oxygen atoms in total. The van der Waals surface area contributed by atoms with Crippen molar-refractivity contribution in [2.75, 3.05) is 0 Å². The highest BCUT2D eigenvalue weighted by atomic mass is 16.5. The van der Waals surface area contributed by atoms with Crippen LogP contribution in [0.2, 0.25) is 0 Å². The Labute approximate surface area is 284 Å². The predicted octanol–water partition coefficient (Wildman–Crippen LogP) is 11.0. The van der Waals surface area contributed by atoms with E-state index in [1.165, 1.54) is 27.8 Å². The average molecular weight is 637 g/mol. The minimum atomic E-state index is -0.322. The van der Waals surface area contributed by atoms with Crippen molar-refractivity contribution in [3.8, 4) is 0 Å². The number of benzene rings is 3. The second kappa shape index (κ2) is 19.7. The van der Waals surface area contributed by atoms with Crippen molar-refractivity contribution in [2.45, 2.75) is 124 Å². The lowest BCUT2D eigenvalue weighted by atomic mass is 9.95. The van der Waals surface area contributed by atoms with Gasteiger partial charge in [0.1, 0.15) is 12.2 Å². The van der Waals surface area contributed by atoms with E-state index in [0.717, 1.165) is 88.2 Å². The minimum absolute atomic E-state index is 0.230. The third kappa shape index (κ3) is 12.7. The van der Waals surface area contributed by atoms with Gasteiger partial charge < -0.3 is 9.47 Å². The van der Waals surface area contributed by atoms with Crippen molar-refractivity contribution in [1.82, 2.24) is 0 Å². The van der Waals surface area contributed by atoms with Gasteiger partial charge in [-0.3, -0.25) is 0 Å². The molecule has 0 aliphatic carbocycles. The molecule has 252 valence electrons. The Balaban J connectivity index is 1.55. The highest BCUT2D eigenvalue weighted by molar-refractivity contribution is 5.87. The molecule has 0 aliphatic rings. The summed E-state index contributed by atoms with van der Waals surface area (Å²) >= 11 is 0. The summed E-state index contributed by atoms with van der Waals surface area (Å²) in [7, 11) is 0. The van der Waals surface area contributed by atoms with Crippen LogP contribution >= 0.6 is 0 Å². The summed E-state index contributed by atoms with van der Waals surface area (Å²) in [4.78, 5) is 24.5. The number of unbranched alkanes of at least 4 members (excludes halogenated alkanes) is 4. The molecule has 0 saturated carbocycles. The standard InChI is InChI=1S/C43H56O4/c1-8-10-12-14-40(46-42(44)31(3)4)38-26-19-34(20-27-38)16-17-36-23-25-37(33(7)30-36)24-18-35-21-28-39(29-22-35)41(15-13-11-9-2)47-43(45)32(5)6/h19-23,25-30,40-41H,3,5,8-18,24H2,1-2,4,6-7H3. The monoisotopic (exact) mass is 636 g/mol. The van der Waals surface area contributed by atoms with Crippen LogP contribution in [0.1, 0.15) is 130 Å². The van der Waals surface area contributed by atoms with Crippen molar-refractivity contribution < 1.29 is 19.1 Å². The Morgan fingerprint density at radius 3 is 1.40 bits per heavy atom. The highest BCUT2D eigenvalue weighted by Crippen LogP contribution is 2.27. The average Bonchev–Trinajstić information content (AvgIpc) is 3.06. The molecule has 2 atom stereocenters. The molecule has 0 heterocycles. The van der Waals surface area contributed by atoms with E-state index in [-0.39, 0.29) is 24.1 Å². The molecule has 2 unspecified atom stereocenters. The maximum absolute atomic E-state index is 12.2. The summed E-state index contributed by atoms with van der Waals surface area (Å²) in [6, 6.07) is 24.0. The van der Waals surface area contributed by atoms with Crippen LogP contribution in [0.25, 0.3) is 0 Å². The van der Waals surface area contributed by atoms with Crippen LogP contribution in [-0.4, -0.2) is 11.9 Å². The zero-order chi connectivity index (χ0) is 34.2. The first-order valence-corrected chi connectivity index (χ1v) is 17.6. The molecule has 0 bridgehead atoms. The maximum Gasteiger partial charge on any atom is 0.333 e. The summed E-state index contributed by atoms with van der Waals surface area (Å²) < 4.78 is 11.6. The molecule has 0 spiro atoms. The molecule has 3 rings (SSSR count). The fourth-order valence-corrected chi connectivity index (χ4v) is 5.77. The lowest BCUT2D eigenvalue weighted by Crippen LogP contribution is -2.12. The maximum atomic E-state index is 12.2. The zero-order valence-electron chi connectivity index (χ0n) is 29.5. The number of hydrogen-bond donors (Lipinski definition) is 0. The van der Waals surface area contributed by atoms with Crippen LogP contribution in [0, 0.1) is 6.92 Å². The van der Waals surface area contributed by atoms with Crippen molar-refractivity contribution in [3.05, 3.63) is 130 Å². The lowest BCUT2D eigenvalue weighted by Gasteiger charge is -2.19. The van der Waals surface area contributed by atoms with Crippen molar-refractivity contribution >= 4 is 11.9 Å². The number of aryl methyl sites for hydroxylation is 5. The van der Waals surface area contributed by atoms with Gasteiger partial charge in [-0.2, -0.15) is 0 Å². The quantitative estimate of drug-likeness (QED) is 0.0703. The number of carbonyl (C=O) groups excluding carboxylic acids is 2. The summed E-state index contributed by atoms with van der Waals surface area (Å²) in [6.07, 6.45) is 11.6. The van der Waals surface area contributed by atoms with Crippen LogP contribution in [0.4, 0.5) is 0 Å². The minimum Gasteiger partial charge on any atom is -0.454 e. The van der Waals surface area contributed by atoms with E-state index in [1.54, 1.807) is 13.8 Å². The number of ether oxygens (including phenoxy) is 2. The van der Waals surface area contributed by atoms with Gasteiger partial charge in [0.05, 0.1) is 0 Å². The van der Waals surface area contributed by atoms with E-state index in [2.05, 4.69) is 101 Å². The third-order valence-corrected chi connectivity index (χ3v) is 8.83. The van der Waals surface area contributed by atoms with Gasteiger partial charge in [-0.25, -0.2) is 9.59 Å². The molecule has 0 aromatic heterocycles. The number of esters is 2. The van der Waals surface area contributed by atoms with Gasteiger partial charge in [0.2, 0.25) is 0 Å². The number of carbonyl (C=O) groups is 2. The van der Waals surface area contributed by atoms with Gasteiger partial charge in [0.15, 0.2) is 0 Å². The van der Waals surface area contributed by atoms with Crippen LogP contribution < -0.4 is 0 Å². The van der Waals surface area contributed by atoms with Crippen molar-refractivity contribution in [2.24, 2.45) is 0 Å². The van der Waals surface area contributed by atoms with Crippen LogP contribution in [0.5, 0.6) is 0 Å². The van der Waals surface area contributed by atoms with Gasteiger partial charge in [-0.15, -0.1) is 0 Å². The van der Waals surface area contributed by atoms with E-state index in [4.69, 9.17) is 9.47 Å². The molecule has 0 radical (unpaired) electrons. The molecule has 3 aromatic rings. The summed E-state index contributed by atoms with van der Waals surface area (Å²) in [5.41, 5.74) is 9.56. The smallest absolute Gasteiger partial charge is 0.333 e. The second-order valence-corrected chi connectivity index (χ2v) is 13.1. The van der Waals surface area contributed by atoms with Crippen LogP contribution in [0.3, 0.4) is 0 Å². The molecule has 3 aromatic carbocycles. The van der Waals surface area contributed by atoms with Gasteiger partial charge in [-0.1, -0.05) is 119 Å². The fourth-order valence-electron chi connectivity index (χ4n) is 5.77. The van der Waals surface area contributed by atoms with E-state index < -0.39 is 0 Å². The first-order chi connectivity index (χ1) is 22.6. The molecule has 0 N–H and O–H groups in total. The zero-order valence-corrected chi connectivity index (χ0v) is 29.5. The highest BCUT2D eigenvalue weighted by Gasteiger charge is 2.18. The van der Waals surface area contributed by atoms with Crippen molar-refractivity contribution in [3.63, 3.8) is 0 Å². The summed E-state index contributed by atoms with van der Waals surface area (Å²) in [6.45, 7) is 17.4. The molecule has 0 fully saturated rings. The SMILES string of the molecule is C=C(C)C(=O)OC(CCCCC)c1ccc(CCc2ccc(CCc3ccc(C(CCCCC)OC(=O)C(=C)C)cc3)c(C)c2)cc1. The van der Waals surface area contributed by atoms with Crippen LogP contribution in [0.15, 0.2) is 91.0 Å². The largest absolute Gasteiger partial charge is 0.454 e. The fraction of sp³-hybridized carbons (Fsp3) is 0.442. The van der Waals surface area contributed by atoms with E-state index >= 15 is 0 Å². The van der Waals surface area contributed by atoms with Gasteiger partial charge in [-0.05, 0) is 111 Å². The Bertz CT molecular complexity index is 1450. The molecule has 0 aliphatic heterocycles. The Morgan fingerprint density at radius 2 is 1.00 bits per heavy atom. The molecule has 47 heavy (non-hydrogen) atoms. The van der Waals surface area contributed by atoms with E-state index in [0.29, 0.717) is 11.1 Å². The topological polar surface area (TPSA) is 52.6 Å². The predicted molar refractivity (Wildman–Crippen MR) is 194 cm³/mol. The van der Waals surface area contributed by atoms with Crippen molar-refractivity contribution in [1.29, 1.82) is 0 Å². The molecular formula is C43H56O4. The number of hydrogen-bond acceptors (Lipinski definition) is 4. The van der Waals surface area contributed by atoms with Gasteiger partial charge in [0.25, 0.3) is 0 Å². The van der Waals surface area contributed by atoms with Crippen LogP contribution in [-0.2, 0) is 44.7 Å². The molecular weight excluding hydrogens is 580 g/mol. The number of rotatable bonds is 20. The lowest BCUT2D eigenvalue weighted by molar-refractivity contribution is -0.145. The van der Waals surface area contributed by atoms with Gasteiger partial charge >= 0.3 is 11.9 Å². The van der Waals surface area contributed by atoms with Gasteiger partial charge in [0, 0.05) is 11.1 Å². The molecule has 0 saturated heterocycles. The Hall–Kier alpha value is -3.92. The molecule has 0 amide bonds. The van der Waals surface area contributed by atoms with E-state index in [1.807, 2.05) is 0 Å². The third-order valence-electron chi connectivity index (χ3n) is 8.83. The first-order valence-electron chi connectivity index (χ1n) is 17.6. The summed E-state index contributed by atoms with van der Waals surface area (Å²) in [5.74, 6) is -0.644. The summed E-state index contributed by atoms with van der Waals surface area (Å²) in [5, 5.41) is 0. The Morgan fingerprint density at radius 1 is 0.596 bits per heavy atom.